The maximum Gasteiger partial charge on any atom is 0.159 e. The Morgan fingerprint density at radius 3 is 1.56 bits per heavy atom. The van der Waals surface area contributed by atoms with Gasteiger partial charge in [-0.1, -0.05) is 182 Å². The van der Waals surface area contributed by atoms with E-state index in [1.54, 1.807) is 0 Å². The first kappa shape index (κ1) is 35.7. The van der Waals surface area contributed by atoms with E-state index in [1.165, 1.54) is 54.7 Å². The van der Waals surface area contributed by atoms with Gasteiger partial charge in [-0.15, -0.1) is 0 Å². The lowest BCUT2D eigenvalue weighted by Crippen LogP contribution is -2.10. The molecule has 12 rings (SSSR count). The molecule has 0 fully saturated rings. The van der Waals surface area contributed by atoms with Gasteiger partial charge in [-0.2, -0.15) is 0 Å². The van der Waals surface area contributed by atoms with Crippen LogP contribution in [0.2, 0.25) is 0 Å². The number of nitrogens with zero attached hydrogens (tertiary/aromatic N) is 1. The summed E-state index contributed by atoms with van der Waals surface area (Å²) in [5.41, 5.74) is 14.3. The second kappa shape index (κ2) is 14.8. The van der Waals surface area contributed by atoms with Gasteiger partial charge in [0.15, 0.2) is 5.58 Å². The van der Waals surface area contributed by atoms with Gasteiger partial charge in [0.05, 0.1) is 5.69 Å². The zero-order chi connectivity index (χ0) is 41.0. The molecule has 2 heteroatoms. The molecule has 0 spiro atoms. The molecule has 0 aliphatic carbocycles. The van der Waals surface area contributed by atoms with Crippen LogP contribution in [0.3, 0.4) is 0 Å². The van der Waals surface area contributed by atoms with Crippen LogP contribution in [-0.2, 0) is 0 Å². The largest absolute Gasteiger partial charge is 0.454 e. The van der Waals surface area contributed by atoms with Crippen molar-refractivity contribution in [2.75, 3.05) is 4.90 Å². The second-order valence-corrected chi connectivity index (χ2v) is 16.1. The average Bonchev–Trinajstić information content (AvgIpc) is 3.72. The summed E-state index contributed by atoms with van der Waals surface area (Å²) in [5, 5.41) is 9.61. The highest BCUT2D eigenvalue weighted by molar-refractivity contribution is 6.15. The van der Waals surface area contributed by atoms with Crippen LogP contribution in [-0.4, -0.2) is 0 Å². The normalized spacial score (nSPS) is 11.5. The number of fused-ring (bicyclic) bond motifs is 7. The first-order chi connectivity index (χ1) is 30.7. The minimum absolute atomic E-state index is 0.856. The summed E-state index contributed by atoms with van der Waals surface area (Å²) in [7, 11) is 0. The van der Waals surface area contributed by atoms with Crippen molar-refractivity contribution in [2.45, 2.75) is 0 Å². The van der Waals surface area contributed by atoms with E-state index in [0.29, 0.717) is 0 Å². The van der Waals surface area contributed by atoms with E-state index < -0.39 is 0 Å². The molecule has 1 heterocycles. The van der Waals surface area contributed by atoms with E-state index in [4.69, 9.17) is 4.42 Å². The Balaban J connectivity index is 0.985. The topological polar surface area (TPSA) is 16.4 Å². The number of hydrogen-bond acceptors (Lipinski definition) is 2. The molecule has 290 valence electrons. The number of benzene rings is 11. The first-order valence-electron chi connectivity index (χ1n) is 21.2. The van der Waals surface area contributed by atoms with Crippen molar-refractivity contribution in [2.24, 2.45) is 0 Å². The van der Waals surface area contributed by atoms with Gasteiger partial charge < -0.3 is 9.32 Å². The Morgan fingerprint density at radius 1 is 0.274 bits per heavy atom. The molecule has 0 radical (unpaired) electrons. The van der Waals surface area contributed by atoms with Crippen LogP contribution < -0.4 is 4.90 Å². The van der Waals surface area contributed by atoms with Crippen LogP contribution in [0.5, 0.6) is 0 Å². The molecule has 0 N–H and O–H groups in total. The molecule has 1 aromatic heterocycles. The average molecular weight is 790 g/mol. The molecule has 0 aliphatic heterocycles. The van der Waals surface area contributed by atoms with E-state index in [1.807, 2.05) is 0 Å². The van der Waals surface area contributed by atoms with Crippen LogP contribution in [0.4, 0.5) is 17.1 Å². The molecule has 62 heavy (non-hydrogen) atoms. The minimum atomic E-state index is 0.856. The fourth-order valence-corrected chi connectivity index (χ4v) is 9.34. The van der Waals surface area contributed by atoms with Gasteiger partial charge in [-0.25, -0.2) is 0 Å². The van der Waals surface area contributed by atoms with Crippen molar-refractivity contribution >= 4 is 71.3 Å². The Labute approximate surface area is 360 Å². The van der Waals surface area contributed by atoms with Crippen molar-refractivity contribution < 1.29 is 4.42 Å². The molecule has 0 bridgehead atoms. The van der Waals surface area contributed by atoms with Crippen molar-refractivity contribution in [3.8, 4) is 44.5 Å². The number of rotatable bonds is 7. The van der Waals surface area contributed by atoms with Crippen LogP contribution >= 0.6 is 0 Å². The van der Waals surface area contributed by atoms with Crippen molar-refractivity contribution in [3.05, 3.63) is 237 Å². The summed E-state index contributed by atoms with van der Waals surface area (Å²) >= 11 is 0. The highest BCUT2D eigenvalue weighted by Gasteiger charge is 2.21. The number of para-hydroxylation sites is 1. The van der Waals surface area contributed by atoms with Gasteiger partial charge in [-0.05, 0) is 131 Å². The molecule has 0 saturated carbocycles. The van der Waals surface area contributed by atoms with E-state index in [0.717, 1.165) is 61.1 Å². The van der Waals surface area contributed by atoms with E-state index in [9.17, 15) is 0 Å². The van der Waals surface area contributed by atoms with Gasteiger partial charge in [0.2, 0.25) is 0 Å². The zero-order valence-corrected chi connectivity index (χ0v) is 33.9. The van der Waals surface area contributed by atoms with Gasteiger partial charge >= 0.3 is 0 Å². The highest BCUT2D eigenvalue weighted by atomic mass is 16.3. The molecule has 0 unspecified atom stereocenters. The van der Waals surface area contributed by atoms with E-state index in [2.05, 4.69) is 241 Å². The molecule has 0 atom stereocenters. The van der Waals surface area contributed by atoms with Crippen LogP contribution in [0.15, 0.2) is 241 Å². The van der Waals surface area contributed by atoms with Gasteiger partial charge in [0, 0.05) is 22.1 Å². The number of hydrogen-bond donors (Lipinski definition) is 0. The number of anilines is 3. The lowest BCUT2D eigenvalue weighted by Gasteiger charge is -2.26. The molecule has 12 aromatic rings. The summed E-state index contributed by atoms with van der Waals surface area (Å²) < 4.78 is 6.86. The summed E-state index contributed by atoms with van der Waals surface area (Å²) in [6, 6.07) is 85.4. The first-order valence-corrected chi connectivity index (χ1v) is 21.2. The Kier molecular flexibility index (Phi) is 8.53. The summed E-state index contributed by atoms with van der Waals surface area (Å²) in [4.78, 5) is 2.34. The fraction of sp³-hybridized carbons (Fsp3) is 0. The van der Waals surface area contributed by atoms with Crippen LogP contribution in [0, 0.1) is 0 Å². The van der Waals surface area contributed by atoms with Crippen LogP contribution in [0.25, 0.3) is 98.8 Å². The highest BCUT2D eigenvalue weighted by Crippen LogP contribution is 2.44. The van der Waals surface area contributed by atoms with E-state index in [-0.39, 0.29) is 0 Å². The quantitative estimate of drug-likeness (QED) is 0.150. The smallest absolute Gasteiger partial charge is 0.159 e. The maximum atomic E-state index is 6.86. The molecule has 0 saturated heterocycles. The lowest BCUT2D eigenvalue weighted by molar-refractivity contribution is 0.669. The Morgan fingerprint density at radius 2 is 0.806 bits per heavy atom. The van der Waals surface area contributed by atoms with E-state index >= 15 is 0 Å². The fourth-order valence-electron chi connectivity index (χ4n) is 9.34. The zero-order valence-electron chi connectivity index (χ0n) is 33.9. The molecular formula is C60H39NO. The standard InChI is InChI=1S/C60H39NO/c1-2-13-40(14-3-1)41-27-29-42(30-28-41)43-31-33-50(34-32-43)61(58-26-12-25-55-57-37-46-15-4-5-16-47(46)39-59(57)62-60(55)58)51-21-11-19-45(36-51)44-18-10-20-48(35-44)56-38-49-17-6-7-22-52(49)53-23-8-9-24-54(53)56/h1-39H. The SMILES string of the molecule is c1ccc(-c2ccc(-c3ccc(N(c4cccc(-c5cccc(-c6cc7ccccc7c7ccccc67)c5)c4)c4cccc5c4oc4cc6ccccc6cc45)cc3)cc2)cc1. The second-order valence-electron chi connectivity index (χ2n) is 16.1. The van der Waals surface area contributed by atoms with Crippen molar-refractivity contribution in [3.63, 3.8) is 0 Å². The maximum absolute atomic E-state index is 6.86. The Hall–Kier alpha value is -8.20. The van der Waals surface area contributed by atoms with Crippen molar-refractivity contribution in [1.82, 2.24) is 0 Å². The summed E-state index contributed by atoms with van der Waals surface area (Å²) in [5.74, 6) is 0. The van der Waals surface area contributed by atoms with Gasteiger partial charge in [0.25, 0.3) is 0 Å². The predicted molar refractivity (Wildman–Crippen MR) is 263 cm³/mol. The summed E-state index contributed by atoms with van der Waals surface area (Å²) in [6.07, 6.45) is 0. The third kappa shape index (κ3) is 6.20. The third-order valence-electron chi connectivity index (χ3n) is 12.4. The predicted octanol–water partition coefficient (Wildman–Crippen LogP) is 17.2. The monoisotopic (exact) mass is 789 g/mol. The van der Waals surface area contributed by atoms with Gasteiger partial charge in [-0.3, -0.25) is 0 Å². The molecular weight excluding hydrogens is 751 g/mol. The van der Waals surface area contributed by atoms with Crippen LogP contribution in [0.1, 0.15) is 0 Å². The minimum Gasteiger partial charge on any atom is -0.454 e. The summed E-state index contributed by atoms with van der Waals surface area (Å²) in [6.45, 7) is 0. The molecule has 11 aromatic carbocycles. The lowest BCUT2D eigenvalue weighted by atomic mass is 9.92. The molecule has 0 aliphatic rings. The van der Waals surface area contributed by atoms with Gasteiger partial charge in [0.1, 0.15) is 5.58 Å². The Bertz CT molecular complexity index is 3620. The van der Waals surface area contributed by atoms with Crippen molar-refractivity contribution in [1.29, 1.82) is 0 Å². The molecule has 2 nitrogen and oxygen atoms in total. The number of furan rings is 1. The molecule has 0 amide bonds. The third-order valence-corrected chi connectivity index (χ3v) is 12.4.